The summed E-state index contributed by atoms with van der Waals surface area (Å²) < 4.78 is 0. The van der Waals surface area contributed by atoms with Gasteiger partial charge in [0, 0.05) is 36.9 Å². The number of hydrogen-bond donors (Lipinski definition) is 2. The summed E-state index contributed by atoms with van der Waals surface area (Å²) in [5.41, 5.74) is 3.68. The van der Waals surface area contributed by atoms with Crippen LogP contribution in [0.5, 0.6) is 0 Å². The molecular weight excluding hydrogens is 334 g/mol. The van der Waals surface area contributed by atoms with Gasteiger partial charge in [-0.05, 0) is 54.0 Å². The molecule has 3 heterocycles. The number of aromatic amines is 1. The lowest BCUT2D eigenvalue weighted by atomic mass is 9.82. The van der Waals surface area contributed by atoms with Gasteiger partial charge in [-0.3, -0.25) is 9.69 Å². The molecule has 0 radical (unpaired) electrons. The van der Waals surface area contributed by atoms with E-state index in [1.807, 2.05) is 24.4 Å². The second-order valence-electron chi connectivity index (χ2n) is 8.11. The van der Waals surface area contributed by atoms with Crippen molar-refractivity contribution >= 4 is 16.8 Å². The molecule has 4 nitrogen and oxygen atoms in total. The first-order chi connectivity index (χ1) is 13.2. The number of fused-ring (bicyclic) bond motifs is 1. The van der Waals surface area contributed by atoms with E-state index in [-0.39, 0.29) is 17.4 Å². The zero-order chi connectivity index (χ0) is 18.3. The van der Waals surface area contributed by atoms with Gasteiger partial charge in [0.05, 0.1) is 5.92 Å². The van der Waals surface area contributed by atoms with E-state index >= 15 is 0 Å². The van der Waals surface area contributed by atoms with Crippen molar-refractivity contribution in [2.24, 2.45) is 0 Å². The van der Waals surface area contributed by atoms with Gasteiger partial charge in [-0.1, -0.05) is 36.4 Å². The maximum Gasteiger partial charge on any atom is 0.228 e. The van der Waals surface area contributed by atoms with Crippen LogP contribution in [0.2, 0.25) is 0 Å². The van der Waals surface area contributed by atoms with Crippen LogP contribution in [0.3, 0.4) is 0 Å². The topological polar surface area (TPSA) is 48.1 Å². The van der Waals surface area contributed by atoms with Gasteiger partial charge in [0.25, 0.3) is 0 Å². The van der Waals surface area contributed by atoms with Gasteiger partial charge in [0.15, 0.2) is 0 Å². The van der Waals surface area contributed by atoms with Crippen molar-refractivity contribution in [3.8, 4) is 0 Å². The number of nitrogens with zero attached hydrogens (tertiary/aromatic N) is 1. The lowest BCUT2D eigenvalue weighted by molar-refractivity contribution is -0.121. The summed E-state index contributed by atoms with van der Waals surface area (Å²) in [5, 5.41) is 4.63. The Labute approximate surface area is 159 Å². The van der Waals surface area contributed by atoms with Crippen LogP contribution in [0.1, 0.15) is 36.3 Å². The molecule has 1 amide bonds. The van der Waals surface area contributed by atoms with E-state index in [9.17, 15) is 4.79 Å². The van der Waals surface area contributed by atoms with Crippen molar-refractivity contribution in [3.63, 3.8) is 0 Å². The lowest BCUT2D eigenvalue weighted by Gasteiger charge is -2.39. The fourth-order valence-electron chi connectivity index (χ4n) is 4.77. The molecular formula is C23H25N3O. The molecule has 1 spiro atoms. The average molecular weight is 359 g/mol. The van der Waals surface area contributed by atoms with Gasteiger partial charge >= 0.3 is 0 Å². The molecule has 2 aliphatic rings. The van der Waals surface area contributed by atoms with E-state index in [4.69, 9.17) is 0 Å². The Bertz CT molecular complexity index is 954. The summed E-state index contributed by atoms with van der Waals surface area (Å²) in [4.78, 5) is 18.4. The molecule has 5 rings (SSSR count). The third kappa shape index (κ3) is 3.15. The van der Waals surface area contributed by atoms with Crippen LogP contribution in [0.15, 0.2) is 60.8 Å². The predicted octanol–water partition coefficient (Wildman–Crippen LogP) is 3.81. The van der Waals surface area contributed by atoms with E-state index in [0.717, 1.165) is 44.5 Å². The van der Waals surface area contributed by atoms with Gasteiger partial charge in [0.1, 0.15) is 0 Å². The minimum Gasteiger partial charge on any atom is -0.361 e. The summed E-state index contributed by atoms with van der Waals surface area (Å²) >= 11 is 0. The molecule has 2 aliphatic heterocycles. The first-order valence-electron chi connectivity index (χ1n) is 9.86. The van der Waals surface area contributed by atoms with Crippen molar-refractivity contribution < 1.29 is 4.79 Å². The highest BCUT2D eigenvalue weighted by molar-refractivity contribution is 5.87. The Morgan fingerprint density at radius 2 is 1.85 bits per heavy atom. The summed E-state index contributed by atoms with van der Waals surface area (Å²) in [5.74, 6) is 0.210. The highest BCUT2D eigenvalue weighted by Gasteiger charge is 2.45. The molecule has 138 valence electrons. The van der Waals surface area contributed by atoms with Crippen molar-refractivity contribution in [3.05, 3.63) is 71.9 Å². The third-order valence-electron chi connectivity index (χ3n) is 6.34. The number of amides is 1. The van der Waals surface area contributed by atoms with Crippen LogP contribution in [0.25, 0.3) is 10.9 Å². The van der Waals surface area contributed by atoms with Gasteiger partial charge in [-0.25, -0.2) is 0 Å². The second-order valence-corrected chi connectivity index (χ2v) is 8.11. The molecule has 1 atom stereocenters. The van der Waals surface area contributed by atoms with E-state index in [1.54, 1.807) is 0 Å². The quantitative estimate of drug-likeness (QED) is 0.747. The van der Waals surface area contributed by atoms with Gasteiger partial charge in [0.2, 0.25) is 5.91 Å². The fraction of sp³-hybridized carbons (Fsp3) is 0.348. The first kappa shape index (κ1) is 16.6. The maximum absolute atomic E-state index is 12.6. The number of carbonyl (C=O) groups is 1. The molecule has 0 saturated carbocycles. The van der Waals surface area contributed by atoms with Crippen molar-refractivity contribution in [2.75, 3.05) is 13.1 Å². The molecule has 0 unspecified atom stereocenters. The van der Waals surface area contributed by atoms with E-state index in [0.29, 0.717) is 0 Å². The van der Waals surface area contributed by atoms with Gasteiger partial charge in [-0.15, -0.1) is 0 Å². The molecule has 2 saturated heterocycles. The summed E-state index contributed by atoms with van der Waals surface area (Å²) in [6.45, 7) is 3.05. The van der Waals surface area contributed by atoms with Crippen LogP contribution < -0.4 is 5.32 Å². The highest BCUT2D eigenvalue weighted by atomic mass is 16.2. The van der Waals surface area contributed by atoms with E-state index in [1.165, 1.54) is 16.5 Å². The van der Waals surface area contributed by atoms with Crippen LogP contribution in [-0.2, 0) is 11.3 Å². The molecule has 2 fully saturated rings. The van der Waals surface area contributed by atoms with Gasteiger partial charge < -0.3 is 10.3 Å². The largest absolute Gasteiger partial charge is 0.361 e. The third-order valence-corrected chi connectivity index (χ3v) is 6.34. The number of rotatable bonds is 3. The normalized spacial score (nSPS) is 22.4. The van der Waals surface area contributed by atoms with Crippen molar-refractivity contribution in [2.45, 2.75) is 37.3 Å². The summed E-state index contributed by atoms with van der Waals surface area (Å²) in [7, 11) is 0. The number of nitrogens with one attached hydrogen (secondary N) is 2. The minimum absolute atomic E-state index is 0.00810. The SMILES string of the molecule is O=C1NC2(CCN(Cc3ccc4[nH]ccc4c3)CC2)C[C@@H]1c1ccccc1. The van der Waals surface area contributed by atoms with Crippen LogP contribution in [-0.4, -0.2) is 34.4 Å². The van der Waals surface area contributed by atoms with Crippen LogP contribution in [0, 0.1) is 0 Å². The van der Waals surface area contributed by atoms with Gasteiger partial charge in [-0.2, -0.15) is 0 Å². The summed E-state index contributed by atoms with van der Waals surface area (Å²) in [6.07, 6.45) is 4.99. The smallest absolute Gasteiger partial charge is 0.228 e. The molecule has 4 heteroatoms. The Hall–Kier alpha value is -2.59. The predicted molar refractivity (Wildman–Crippen MR) is 107 cm³/mol. The molecule has 2 N–H and O–H groups in total. The zero-order valence-corrected chi connectivity index (χ0v) is 15.4. The molecule has 0 aliphatic carbocycles. The molecule has 3 aromatic rings. The number of benzene rings is 2. The molecule has 27 heavy (non-hydrogen) atoms. The first-order valence-corrected chi connectivity index (χ1v) is 9.86. The lowest BCUT2D eigenvalue weighted by Crippen LogP contribution is -2.50. The van der Waals surface area contributed by atoms with Crippen molar-refractivity contribution in [1.29, 1.82) is 0 Å². The van der Waals surface area contributed by atoms with E-state index < -0.39 is 0 Å². The molecule has 1 aromatic heterocycles. The number of likely N-dealkylation sites (tertiary alicyclic amines) is 1. The second kappa shape index (κ2) is 6.54. The number of hydrogen-bond acceptors (Lipinski definition) is 2. The Morgan fingerprint density at radius 1 is 1.04 bits per heavy atom. The molecule has 0 bridgehead atoms. The standard InChI is InChI=1S/C23H25N3O/c27-22-20(18-4-2-1-3-5-18)15-23(25-22)9-12-26(13-10-23)16-17-6-7-21-19(14-17)8-11-24-21/h1-8,11,14,20,24H,9-10,12-13,15-16H2,(H,25,27)/t20-/m1/s1. The Morgan fingerprint density at radius 3 is 2.67 bits per heavy atom. The number of carbonyl (C=O) groups excluding carboxylic acids is 1. The summed E-state index contributed by atoms with van der Waals surface area (Å²) in [6, 6.07) is 19.0. The minimum atomic E-state index is -0.0152. The average Bonchev–Trinajstić information content (AvgIpc) is 3.29. The Kier molecular flexibility index (Phi) is 4.01. The number of piperidine rings is 1. The molecule has 2 aromatic carbocycles. The Balaban J connectivity index is 1.24. The monoisotopic (exact) mass is 359 g/mol. The van der Waals surface area contributed by atoms with Crippen LogP contribution >= 0.6 is 0 Å². The maximum atomic E-state index is 12.6. The van der Waals surface area contributed by atoms with Crippen molar-refractivity contribution in [1.82, 2.24) is 15.2 Å². The number of H-pyrrole nitrogens is 1. The number of aromatic nitrogens is 1. The highest BCUT2D eigenvalue weighted by Crippen LogP contribution is 2.39. The van der Waals surface area contributed by atoms with Crippen LogP contribution in [0.4, 0.5) is 0 Å². The van der Waals surface area contributed by atoms with E-state index in [2.05, 4.69) is 51.6 Å². The zero-order valence-electron chi connectivity index (χ0n) is 15.4. The fourth-order valence-corrected chi connectivity index (χ4v) is 4.77.